The molecule has 1 amide bonds. The zero-order valence-electron chi connectivity index (χ0n) is 13.2. The molecule has 0 bridgehead atoms. The molecule has 8 nitrogen and oxygen atoms in total. The van der Waals surface area contributed by atoms with Crippen LogP contribution in [0.5, 0.6) is 0 Å². The topological polar surface area (TPSA) is 102 Å². The maximum atomic E-state index is 12.3. The minimum Gasteiger partial charge on any atom is -0.477 e. The average Bonchev–Trinajstić information content (AvgIpc) is 3.16. The third kappa shape index (κ3) is 3.77. The summed E-state index contributed by atoms with van der Waals surface area (Å²) in [6.45, 7) is 0.552. The molecule has 0 saturated carbocycles. The number of nitrogens with one attached hydrogen (secondary N) is 1. The number of nitrogens with zero attached hydrogens (tertiary/aromatic N) is 4. The van der Waals surface area contributed by atoms with Crippen LogP contribution in [-0.4, -0.2) is 36.5 Å². The summed E-state index contributed by atoms with van der Waals surface area (Å²) in [4.78, 5) is 23.5. The molecule has 0 radical (unpaired) electrons. The van der Waals surface area contributed by atoms with Crippen LogP contribution >= 0.6 is 15.9 Å². The Morgan fingerprint density at radius 2 is 1.92 bits per heavy atom. The molecule has 0 spiro atoms. The fraction of sp³-hybridized carbons (Fsp3) is 0.125. The van der Waals surface area contributed by atoms with Crippen molar-refractivity contribution < 1.29 is 14.7 Å². The number of aromatic nitrogens is 4. The van der Waals surface area contributed by atoms with Gasteiger partial charge < -0.3 is 10.4 Å². The molecular formula is C16H14BrN5O3. The number of carboxylic acid groups (broad SMARTS) is 1. The fourth-order valence-corrected chi connectivity index (χ4v) is 2.61. The molecule has 3 aromatic rings. The summed E-state index contributed by atoms with van der Waals surface area (Å²) in [6.07, 6.45) is 4.41. The van der Waals surface area contributed by atoms with E-state index in [9.17, 15) is 14.7 Å². The van der Waals surface area contributed by atoms with Gasteiger partial charge in [-0.25, -0.2) is 4.79 Å². The molecule has 0 aliphatic rings. The van der Waals surface area contributed by atoms with Crippen LogP contribution in [0.1, 0.15) is 26.4 Å². The van der Waals surface area contributed by atoms with Gasteiger partial charge in [0, 0.05) is 17.7 Å². The minimum absolute atomic E-state index is 0.00402. The predicted molar refractivity (Wildman–Crippen MR) is 93.6 cm³/mol. The Bertz CT molecular complexity index is 930. The van der Waals surface area contributed by atoms with E-state index in [0.29, 0.717) is 12.2 Å². The van der Waals surface area contributed by atoms with Gasteiger partial charge in [0.05, 0.1) is 30.2 Å². The van der Waals surface area contributed by atoms with Crippen LogP contribution in [0.3, 0.4) is 0 Å². The number of benzene rings is 1. The Morgan fingerprint density at radius 1 is 1.20 bits per heavy atom. The predicted octanol–water partition coefficient (Wildman–Crippen LogP) is 2.38. The quantitative estimate of drug-likeness (QED) is 0.680. The SMILES string of the molecule is Cn1ncc(C(=O)Nc2cnn(Cc3ccc(Br)cc3)c2)c1C(=O)O. The minimum atomic E-state index is -1.21. The van der Waals surface area contributed by atoms with Gasteiger partial charge in [-0.1, -0.05) is 28.1 Å². The molecule has 3 rings (SSSR count). The number of anilines is 1. The van der Waals surface area contributed by atoms with Gasteiger partial charge in [-0.3, -0.25) is 14.2 Å². The van der Waals surface area contributed by atoms with Gasteiger partial charge in [0.25, 0.3) is 5.91 Å². The number of hydrogen-bond acceptors (Lipinski definition) is 4. The Kier molecular flexibility index (Phi) is 4.66. The zero-order chi connectivity index (χ0) is 18.0. The Morgan fingerprint density at radius 3 is 2.60 bits per heavy atom. The highest BCUT2D eigenvalue weighted by Gasteiger charge is 2.21. The van der Waals surface area contributed by atoms with Gasteiger partial charge in [-0.2, -0.15) is 10.2 Å². The van der Waals surface area contributed by atoms with Crippen LogP contribution in [0, 0.1) is 0 Å². The van der Waals surface area contributed by atoms with E-state index >= 15 is 0 Å². The van der Waals surface area contributed by atoms with Crippen molar-refractivity contribution in [1.29, 1.82) is 0 Å². The van der Waals surface area contributed by atoms with Crippen molar-refractivity contribution in [2.75, 3.05) is 5.32 Å². The zero-order valence-corrected chi connectivity index (χ0v) is 14.8. The van der Waals surface area contributed by atoms with Crippen LogP contribution in [-0.2, 0) is 13.6 Å². The molecule has 0 aliphatic heterocycles. The summed E-state index contributed by atoms with van der Waals surface area (Å²) in [5, 5.41) is 19.8. The molecule has 2 heterocycles. The standard InChI is InChI=1S/C16H14BrN5O3/c1-21-14(16(24)25)13(7-18-21)15(23)20-12-6-19-22(9-12)8-10-2-4-11(17)5-3-10/h2-7,9H,8H2,1H3,(H,20,23)(H,24,25). The second-order valence-corrected chi connectivity index (χ2v) is 6.26. The third-order valence-corrected chi connectivity index (χ3v) is 4.06. The highest BCUT2D eigenvalue weighted by molar-refractivity contribution is 9.10. The molecule has 0 aliphatic carbocycles. The smallest absolute Gasteiger partial charge is 0.354 e. The second-order valence-electron chi connectivity index (χ2n) is 5.34. The first kappa shape index (κ1) is 16.9. The van der Waals surface area contributed by atoms with Crippen LogP contribution in [0.4, 0.5) is 5.69 Å². The first-order valence-electron chi connectivity index (χ1n) is 7.27. The molecule has 9 heteroatoms. The molecule has 1 aromatic carbocycles. The van der Waals surface area contributed by atoms with Gasteiger partial charge >= 0.3 is 5.97 Å². The highest BCUT2D eigenvalue weighted by atomic mass is 79.9. The summed E-state index contributed by atoms with van der Waals surface area (Å²) in [5.74, 6) is -1.76. The highest BCUT2D eigenvalue weighted by Crippen LogP contribution is 2.14. The summed E-state index contributed by atoms with van der Waals surface area (Å²) >= 11 is 3.38. The Balaban J connectivity index is 1.72. The molecular weight excluding hydrogens is 390 g/mol. The lowest BCUT2D eigenvalue weighted by molar-refractivity contribution is 0.0680. The van der Waals surface area contributed by atoms with Crippen LogP contribution in [0.15, 0.2) is 47.3 Å². The normalized spacial score (nSPS) is 10.6. The lowest BCUT2D eigenvalue weighted by Crippen LogP contribution is -2.16. The van der Waals surface area contributed by atoms with Gasteiger partial charge in [-0.05, 0) is 17.7 Å². The summed E-state index contributed by atoms with van der Waals surface area (Å²) in [6, 6.07) is 7.83. The van der Waals surface area contributed by atoms with Gasteiger partial charge in [0.15, 0.2) is 5.69 Å². The van der Waals surface area contributed by atoms with Crippen molar-refractivity contribution in [3.63, 3.8) is 0 Å². The van der Waals surface area contributed by atoms with Crippen LogP contribution in [0.25, 0.3) is 0 Å². The molecule has 2 aromatic heterocycles. The second kappa shape index (κ2) is 6.89. The van der Waals surface area contributed by atoms with E-state index < -0.39 is 11.9 Å². The number of amides is 1. The van der Waals surface area contributed by atoms with Crippen molar-refractivity contribution in [2.45, 2.75) is 6.54 Å². The molecule has 2 N–H and O–H groups in total. The van der Waals surface area contributed by atoms with E-state index in [1.54, 1.807) is 10.9 Å². The number of carbonyl (C=O) groups is 2. The summed E-state index contributed by atoms with van der Waals surface area (Å²) in [5.41, 5.74) is 1.36. The monoisotopic (exact) mass is 403 g/mol. The van der Waals surface area contributed by atoms with Crippen LogP contribution < -0.4 is 5.32 Å². The van der Waals surface area contributed by atoms with E-state index in [0.717, 1.165) is 14.7 Å². The molecule has 128 valence electrons. The number of rotatable bonds is 5. The van der Waals surface area contributed by atoms with E-state index in [2.05, 4.69) is 31.4 Å². The number of aromatic carboxylic acids is 1. The van der Waals surface area contributed by atoms with Gasteiger partial charge in [-0.15, -0.1) is 0 Å². The van der Waals surface area contributed by atoms with E-state index in [1.165, 1.54) is 19.4 Å². The maximum Gasteiger partial charge on any atom is 0.354 e. The van der Waals surface area contributed by atoms with Crippen molar-refractivity contribution >= 4 is 33.5 Å². The van der Waals surface area contributed by atoms with Gasteiger partial charge in [0.2, 0.25) is 0 Å². The first-order chi connectivity index (χ1) is 11.9. The molecule has 0 fully saturated rings. The molecule has 25 heavy (non-hydrogen) atoms. The molecule has 0 unspecified atom stereocenters. The lowest BCUT2D eigenvalue weighted by Gasteiger charge is -2.03. The van der Waals surface area contributed by atoms with Crippen LogP contribution in [0.2, 0.25) is 0 Å². The largest absolute Gasteiger partial charge is 0.477 e. The van der Waals surface area contributed by atoms with Crippen molar-refractivity contribution in [1.82, 2.24) is 19.6 Å². The lowest BCUT2D eigenvalue weighted by atomic mass is 10.2. The van der Waals surface area contributed by atoms with E-state index in [1.807, 2.05) is 24.3 Å². The summed E-state index contributed by atoms with van der Waals surface area (Å²) in [7, 11) is 1.47. The maximum absolute atomic E-state index is 12.3. The van der Waals surface area contributed by atoms with Crippen molar-refractivity contribution in [2.24, 2.45) is 7.05 Å². The number of aryl methyl sites for hydroxylation is 1. The molecule has 0 saturated heterocycles. The number of carboxylic acids is 1. The molecule has 0 atom stereocenters. The van der Waals surface area contributed by atoms with E-state index in [4.69, 9.17) is 0 Å². The number of carbonyl (C=O) groups excluding carboxylic acids is 1. The van der Waals surface area contributed by atoms with Crippen molar-refractivity contribution in [3.8, 4) is 0 Å². The number of halogens is 1. The average molecular weight is 404 g/mol. The Hall–Kier alpha value is -2.94. The third-order valence-electron chi connectivity index (χ3n) is 3.53. The van der Waals surface area contributed by atoms with Gasteiger partial charge in [0.1, 0.15) is 0 Å². The number of hydrogen-bond donors (Lipinski definition) is 2. The van der Waals surface area contributed by atoms with Crippen molar-refractivity contribution in [3.05, 3.63) is 64.1 Å². The summed E-state index contributed by atoms with van der Waals surface area (Å²) < 4.78 is 3.82. The fourth-order valence-electron chi connectivity index (χ4n) is 2.35. The first-order valence-corrected chi connectivity index (χ1v) is 8.07. The van der Waals surface area contributed by atoms with E-state index in [-0.39, 0.29) is 11.3 Å². The Labute approximate surface area is 151 Å².